The van der Waals surface area contributed by atoms with Crippen molar-refractivity contribution in [3.05, 3.63) is 77.9 Å². The van der Waals surface area contributed by atoms with Gasteiger partial charge in [-0.15, -0.1) is 0 Å². The summed E-state index contributed by atoms with van der Waals surface area (Å²) in [5.41, 5.74) is 3.22. The molecule has 1 amide bonds. The van der Waals surface area contributed by atoms with Gasteiger partial charge in [0.15, 0.2) is 10.7 Å². The third kappa shape index (κ3) is 6.01. The Morgan fingerprint density at radius 1 is 0.953 bits per heavy atom. The first-order valence-corrected chi connectivity index (χ1v) is 15.2. The number of rotatable bonds is 9. The third-order valence-electron chi connectivity index (χ3n) is 8.20. The summed E-state index contributed by atoms with van der Waals surface area (Å²) in [5.74, 6) is 0.783. The highest BCUT2D eigenvalue weighted by atomic mass is 32.1. The molecule has 2 aliphatic rings. The maximum absolute atomic E-state index is 12.8. The summed E-state index contributed by atoms with van der Waals surface area (Å²) in [6.07, 6.45) is -3.55. The molecular formula is C32H33F3N4O3S. The second-order valence-corrected chi connectivity index (χ2v) is 11.9. The number of carbonyl (C=O) groups excluding carboxylic acids is 1. The molecule has 1 aliphatic heterocycles. The van der Waals surface area contributed by atoms with E-state index in [4.69, 9.17) is 14.5 Å². The predicted molar refractivity (Wildman–Crippen MR) is 162 cm³/mol. The smallest absolute Gasteiger partial charge is 0.408 e. The fourth-order valence-electron chi connectivity index (χ4n) is 6.17. The number of ether oxygens (including phenoxy) is 2. The number of aromatic nitrogens is 1. The lowest BCUT2D eigenvalue weighted by Gasteiger charge is -2.35. The van der Waals surface area contributed by atoms with Crippen LogP contribution in [0.5, 0.6) is 5.75 Å². The monoisotopic (exact) mass is 610 g/mol. The minimum absolute atomic E-state index is 0.466. The summed E-state index contributed by atoms with van der Waals surface area (Å²) in [7, 11) is 1.66. The number of amides is 1. The Kier molecular flexibility index (Phi) is 8.19. The maximum Gasteiger partial charge on any atom is 0.408 e. The van der Waals surface area contributed by atoms with E-state index in [2.05, 4.69) is 15.9 Å². The molecule has 0 saturated carbocycles. The van der Waals surface area contributed by atoms with Crippen LogP contribution in [0, 0.1) is 0 Å². The van der Waals surface area contributed by atoms with Gasteiger partial charge in [0.05, 0.1) is 11.8 Å². The van der Waals surface area contributed by atoms with Crippen LogP contribution in [-0.2, 0) is 10.3 Å². The standard InChI is InChI=1S/C32H33F3N4O3S/c1-41-26-13-8-14-27-28(26)37-29(43-27)39-19-17-38(18-20-39)16-7-6-15-31(42-30(40)36-21-32(33,34)35)24-11-4-2-9-22(24)23-10-3-5-12-25(23)31/h2-5,8-14H,6-7,15-21H2,1H3,(H,36,40). The number of para-hydroxylation sites is 1. The number of halogens is 3. The van der Waals surface area contributed by atoms with Crippen molar-refractivity contribution in [2.24, 2.45) is 0 Å². The molecule has 6 rings (SSSR count). The second kappa shape index (κ2) is 12.0. The number of methoxy groups -OCH3 is 1. The lowest BCUT2D eigenvalue weighted by atomic mass is 9.86. The molecule has 0 unspecified atom stereocenters. The second-order valence-electron chi connectivity index (χ2n) is 10.9. The number of nitrogens with zero attached hydrogens (tertiary/aromatic N) is 3. The quantitative estimate of drug-likeness (QED) is 0.210. The Balaban J connectivity index is 1.10. The summed E-state index contributed by atoms with van der Waals surface area (Å²) < 4.78 is 51.1. The van der Waals surface area contributed by atoms with Gasteiger partial charge in [0.2, 0.25) is 0 Å². The fraction of sp³-hybridized carbons (Fsp3) is 0.375. The van der Waals surface area contributed by atoms with E-state index in [1.165, 1.54) is 0 Å². The van der Waals surface area contributed by atoms with E-state index in [1.807, 2.05) is 66.0 Å². The first kappa shape index (κ1) is 29.3. The van der Waals surface area contributed by atoms with E-state index < -0.39 is 24.4 Å². The molecule has 3 aromatic carbocycles. The van der Waals surface area contributed by atoms with Crippen LogP contribution in [0.15, 0.2) is 66.7 Å². The normalized spacial score (nSPS) is 16.1. The Labute approximate surface area is 252 Å². The molecule has 0 atom stereocenters. The molecule has 4 aromatic rings. The van der Waals surface area contributed by atoms with Gasteiger partial charge in [0.1, 0.15) is 17.8 Å². The predicted octanol–water partition coefficient (Wildman–Crippen LogP) is 6.81. The maximum atomic E-state index is 12.8. The first-order chi connectivity index (χ1) is 20.8. The SMILES string of the molecule is COc1cccc2sc(N3CCN(CCCCC4(OC(=O)NCC(F)(F)F)c5ccccc5-c5ccccc54)CC3)nc12. The Morgan fingerprint density at radius 2 is 1.63 bits per heavy atom. The molecule has 1 fully saturated rings. The van der Waals surface area contributed by atoms with Crippen LogP contribution in [0.3, 0.4) is 0 Å². The number of hydrogen-bond donors (Lipinski definition) is 1. The Bertz CT molecular complexity index is 1550. The van der Waals surface area contributed by atoms with Gasteiger partial charge >= 0.3 is 12.3 Å². The fourth-order valence-corrected chi connectivity index (χ4v) is 7.20. The van der Waals surface area contributed by atoms with Crippen LogP contribution in [0.4, 0.5) is 23.1 Å². The van der Waals surface area contributed by atoms with E-state index in [0.29, 0.717) is 6.42 Å². The van der Waals surface area contributed by atoms with Gasteiger partial charge in [0, 0.05) is 37.3 Å². The van der Waals surface area contributed by atoms with Gasteiger partial charge in [-0.1, -0.05) is 65.9 Å². The highest BCUT2D eigenvalue weighted by Crippen LogP contribution is 2.52. The largest absolute Gasteiger partial charge is 0.494 e. The first-order valence-electron chi connectivity index (χ1n) is 14.4. The minimum atomic E-state index is -4.53. The van der Waals surface area contributed by atoms with Crippen molar-refractivity contribution < 1.29 is 27.4 Å². The van der Waals surface area contributed by atoms with E-state index in [9.17, 15) is 18.0 Å². The van der Waals surface area contributed by atoms with Gasteiger partial charge in [-0.05, 0) is 49.1 Å². The number of nitrogens with one attached hydrogen (secondary N) is 1. The van der Waals surface area contributed by atoms with E-state index >= 15 is 0 Å². The number of anilines is 1. The number of thiazole rings is 1. The number of fused-ring (bicyclic) bond motifs is 4. The molecule has 2 heterocycles. The molecule has 43 heavy (non-hydrogen) atoms. The molecule has 0 radical (unpaired) electrons. The Hall–Kier alpha value is -3.83. The molecule has 1 aromatic heterocycles. The van der Waals surface area contributed by atoms with Crippen LogP contribution in [0.1, 0.15) is 30.4 Å². The highest BCUT2D eigenvalue weighted by Gasteiger charge is 2.46. The number of unbranched alkanes of at least 4 members (excludes halogenated alkanes) is 1. The average molecular weight is 611 g/mol. The summed E-state index contributed by atoms with van der Waals surface area (Å²) in [6.45, 7) is 2.98. The number of alkyl halides is 3. The number of piperazine rings is 1. The van der Waals surface area contributed by atoms with Gasteiger partial charge < -0.3 is 19.7 Å². The van der Waals surface area contributed by atoms with E-state index in [0.717, 1.165) is 88.9 Å². The minimum Gasteiger partial charge on any atom is -0.494 e. The molecule has 1 aliphatic carbocycles. The lowest BCUT2D eigenvalue weighted by molar-refractivity contribution is -0.124. The molecule has 1 saturated heterocycles. The zero-order chi connectivity index (χ0) is 30.0. The number of carbonyl (C=O) groups is 1. The molecule has 7 nitrogen and oxygen atoms in total. The van der Waals surface area contributed by atoms with Crippen LogP contribution in [0.2, 0.25) is 0 Å². The number of hydrogen-bond acceptors (Lipinski definition) is 7. The topological polar surface area (TPSA) is 66.9 Å². The van der Waals surface area contributed by atoms with Crippen LogP contribution >= 0.6 is 11.3 Å². The molecule has 1 N–H and O–H groups in total. The van der Waals surface area contributed by atoms with Gasteiger partial charge in [-0.25, -0.2) is 9.78 Å². The molecule has 0 bridgehead atoms. The van der Waals surface area contributed by atoms with E-state index in [-0.39, 0.29) is 0 Å². The van der Waals surface area contributed by atoms with E-state index in [1.54, 1.807) is 18.4 Å². The van der Waals surface area contributed by atoms with Crippen molar-refractivity contribution in [3.63, 3.8) is 0 Å². The highest BCUT2D eigenvalue weighted by molar-refractivity contribution is 7.22. The molecule has 226 valence electrons. The van der Waals surface area contributed by atoms with Gasteiger partial charge in [-0.3, -0.25) is 4.90 Å². The third-order valence-corrected chi connectivity index (χ3v) is 9.28. The van der Waals surface area contributed by atoms with Crippen LogP contribution in [-0.4, -0.2) is 68.5 Å². The zero-order valence-electron chi connectivity index (χ0n) is 23.8. The van der Waals surface area contributed by atoms with Crippen LogP contribution < -0.4 is 15.0 Å². The van der Waals surface area contributed by atoms with Crippen molar-refractivity contribution in [2.45, 2.75) is 31.0 Å². The molecule has 11 heteroatoms. The summed E-state index contributed by atoms with van der Waals surface area (Å²) in [4.78, 5) is 22.3. The van der Waals surface area contributed by atoms with Crippen LogP contribution in [0.25, 0.3) is 21.3 Å². The zero-order valence-corrected chi connectivity index (χ0v) is 24.6. The van der Waals surface area contributed by atoms with Crippen molar-refractivity contribution in [2.75, 3.05) is 51.3 Å². The Morgan fingerprint density at radius 3 is 2.28 bits per heavy atom. The van der Waals surface area contributed by atoms with Crippen molar-refractivity contribution in [1.82, 2.24) is 15.2 Å². The van der Waals surface area contributed by atoms with Crippen molar-refractivity contribution in [1.29, 1.82) is 0 Å². The molecular weight excluding hydrogens is 577 g/mol. The van der Waals surface area contributed by atoms with Gasteiger partial charge in [-0.2, -0.15) is 13.2 Å². The number of benzene rings is 3. The van der Waals surface area contributed by atoms with Crippen molar-refractivity contribution >= 4 is 32.8 Å². The summed E-state index contributed by atoms with van der Waals surface area (Å²) in [6, 6.07) is 21.3. The number of alkyl carbamates (subject to hydrolysis) is 1. The summed E-state index contributed by atoms with van der Waals surface area (Å²) >= 11 is 1.68. The lowest BCUT2D eigenvalue weighted by Crippen LogP contribution is -2.46. The average Bonchev–Trinajstić information content (AvgIpc) is 3.57. The summed E-state index contributed by atoms with van der Waals surface area (Å²) in [5, 5.41) is 2.90. The van der Waals surface area contributed by atoms with Gasteiger partial charge in [0.25, 0.3) is 0 Å². The molecule has 0 spiro atoms. The van der Waals surface area contributed by atoms with Crippen molar-refractivity contribution in [3.8, 4) is 16.9 Å².